The molecule has 0 radical (unpaired) electrons. The maximum atomic E-state index is 12.0. The quantitative estimate of drug-likeness (QED) is 0.667. The van der Waals surface area contributed by atoms with Crippen molar-refractivity contribution in [3.05, 3.63) is 52.5 Å². The van der Waals surface area contributed by atoms with Crippen molar-refractivity contribution in [1.82, 2.24) is 10.9 Å². The summed E-state index contributed by atoms with van der Waals surface area (Å²) in [6.07, 6.45) is 0. The number of thioether (sulfide) groups is 1. The molecule has 2 amide bonds. The van der Waals surface area contributed by atoms with E-state index in [4.69, 9.17) is 4.42 Å². The van der Waals surface area contributed by atoms with Gasteiger partial charge in [-0.2, -0.15) is 0 Å². The highest BCUT2D eigenvalue weighted by Crippen LogP contribution is 2.23. The Balaban J connectivity index is 1.84. The first kappa shape index (κ1) is 17.1. The molecule has 0 saturated heterocycles. The van der Waals surface area contributed by atoms with Crippen LogP contribution in [0.25, 0.3) is 0 Å². The molecule has 1 heterocycles. The van der Waals surface area contributed by atoms with Crippen LogP contribution >= 0.6 is 11.8 Å². The van der Waals surface area contributed by atoms with E-state index in [0.717, 1.165) is 16.0 Å². The van der Waals surface area contributed by atoms with Crippen LogP contribution in [0.1, 0.15) is 33.0 Å². The lowest BCUT2D eigenvalue weighted by Crippen LogP contribution is -2.42. The van der Waals surface area contributed by atoms with Gasteiger partial charge in [-0.3, -0.25) is 20.4 Å². The van der Waals surface area contributed by atoms with Crippen LogP contribution < -0.4 is 10.9 Å². The van der Waals surface area contributed by atoms with Crippen molar-refractivity contribution in [2.75, 3.05) is 5.75 Å². The van der Waals surface area contributed by atoms with Crippen molar-refractivity contribution in [1.29, 1.82) is 0 Å². The predicted octanol–water partition coefficient (Wildman–Crippen LogP) is 3.07. The van der Waals surface area contributed by atoms with Crippen LogP contribution in [0.5, 0.6) is 0 Å². The molecule has 2 rings (SSSR count). The number of hydrogen-bond acceptors (Lipinski definition) is 4. The molecule has 0 saturated carbocycles. The molecule has 0 fully saturated rings. The molecule has 0 aliphatic rings. The van der Waals surface area contributed by atoms with E-state index in [2.05, 4.69) is 10.9 Å². The summed E-state index contributed by atoms with van der Waals surface area (Å²) in [6.45, 7) is 7.49. The first-order chi connectivity index (χ1) is 10.9. The summed E-state index contributed by atoms with van der Waals surface area (Å²) < 4.78 is 5.29. The molecule has 5 nitrogen and oxygen atoms in total. The fourth-order valence-electron chi connectivity index (χ4n) is 2.09. The van der Waals surface area contributed by atoms with E-state index in [1.165, 1.54) is 11.8 Å². The maximum absolute atomic E-state index is 12.0. The summed E-state index contributed by atoms with van der Waals surface area (Å²) >= 11 is 1.44. The molecule has 6 heteroatoms. The minimum absolute atomic E-state index is 0.230. The Hall–Kier alpha value is -2.21. The highest BCUT2D eigenvalue weighted by molar-refractivity contribution is 8.00. The van der Waals surface area contributed by atoms with Crippen LogP contribution in [0, 0.1) is 27.7 Å². The van der Waals surface area contributed by atoms with E-state index in [-0.39, 0.29) is 17.6 Å². The normalized spacial score (nSPS) is 10.4. The van der Waals surface area contributed by atoms with Crippen molar-refractivity contribution >= 4 is 23.6 Å². The topological polar surface area (TPSA) is 71.3 Å². The number of hydrazine groups is 1. The fraction of sp³-hybridized carbons (Fsp3) is 0.294. The van der Waals surface area contributed by atoms with E-state index < -0.39 is 0 Å². The first-order valence-corrected chi connectivity index (χ1v) is 8.21. The Kier molecular flexibility index (Phi) is 5.50. The first-order valence-electron chi connectivity index (χ1n) is 7.23. The summed E-state index contributed by atoms with van der Waals surface area (Å²) in [5.41, 5.74) is 7.52. The maximum Gasteiger partial charge on any atom is 0.273 e. The van der Waals surface area contributed by atoms with Gasteiger partial charge < -0.3 is 4.42 Å². The summed E-state index contributed by atoms with van der Waals surface area (Å²) in [5, 5.41) is 0. The van der Waals surface area contributed by atoms with Gasteiger partial charge >= 0.3 is 0 Å². The summed E-state index contributed by atoms with van der Waals surface area (Å²) in [6, 6.07) is 7.75. The monoisotopic (exact) mass is 332 g/mol. The van der Waals surface area contributed by atoms with Gasteiger partial charge in [0.2, 0.25) is 5.91 Å². The second-order valence-corrected chi connectivity index (χ2v) is 6.40. The number of nitrogens with one attached hydrogen (secondary N) is 2. The molecule has 0 aliphatic carbocycles. The Morgan fingerprint density at radius 1 is 1.09 bits per heavy atom. The average Bonchev–Trinajstić information content (AvgIpc) is 2.84. The van der Waals surface area contributed by atoms with Crippen molar-refractivity contribution in [2.24, 2.45) is 0 Å². The third-order valence-corrected chi connectivity index (χ3v) is 4.46. The largest absolute Gasteiger partial charge is 0.466 e. The zero-order chi connectivity index (χ0) is 17.0. The number of carbonyl (C=O) groups excluding carboxylic acids is 2. The Morgan fingerprint density at radius 3 is 2.48 bits per heavy atom. The van der Waals surface area contributed by atoms with Gasteiger partial charge in [-0.05, 0) is 45.4 Å². The van der Waals surface area contributed by atoms with Crippen molar-refractivity contribution in [3.8, 4) is 0 Å². The van der Waals surface area contributed by atoms with E-state index in [9.17, 15) is 9.59 Å². The number of benzene rings is 1. The molecule has 2 N–H and O–H groups in total. The zero-order valence-electron chi connectivity index (χ0n) is 13.6. The van der Waals surface area contributed by atoms with E-state index in [1.54, 1.807) is 19.9 Å². The number of hydrogen-bond donors (Lipinski definition) is 2. The summed E-state index contributed by atoms with van der Waals surface area (Å²) in [5.74, 6) is 0.767. The minimum Gasteiger partial charge on any atom is -0.466 e. The Bertz CT molecular complexity index is 737. The van der Waals surface area contributed by atoms with Gasteiger partial charge in [0.1, 0.15) is 11.5 Å². The van der Waals surface area contributed by atoms with Crippen LogP contribution in [0.4, 0.5) is 0 Å². The molecular formula is C17H20N2O3S. The molecular weight excluding hydrogens is 312 g/mol. The standard InChI is InChI=1S/C17H20N2O3S/c1-10-5-6-11(2)15(7-10)23-9-16(20)18-19-17(21)14-8-12(3)22-13(14)4/h5-8H,9H2,1-4H3,(H,18,20)(H,19,21). The van der Waals surface area contributed by atoms with Crippen LogP contribution in [0.2, 0.25) is 0 Å². The molecule has 122 valence electrons. The summed E-state index contributed by atoms with van der Waals surface area (Å²) in [7, 11) is 0. The number of aryl methyl sites for hydroxylation is 4. The van der Waals surface area contributed by atoms with Crippen LogP contribution in [0.15, 0.2) is 33.6 Å². The molecule has 0 aliphatic heterocycles. The highest BCUT2D eigenvalue weighted by Gasteiger charge is 2.14. The van der Waals surface area contributed by atoms with Gasteiger partial charge in [0, 0.05) is 4.90 Å². The van der Waals surface area contributed by atoms with E-state index in [1.807, 2.05) is 32.0 Å². The molecule has 23 heavy (non-hydrogen) atoms. The lowest BCUT2D eigenvalue weighted by Gasteiger charge is -2.08. The van der Waals surface area contributed by atoms with E-state index >= 15 is 0 Å². The molecule has 0 spiro atoms. The minimum atomic E-state index is -0.385. The lowest BCUT2D eigenvalue weighted by atomic mass is 10.2. The van der Waals surface area contributed by atoms with E-state index in [0.29, 0.717) is 17.1 Å². The van der Waals surface area contributed by atoms with Crippen molar-refractivity contribution in [3.63, 3.8) is 0 Å². The van der Waals surface area contributed by atoms with Gasteiger partial charge in [0.15, 0.2) is 0 Å². The third kappa shape index (κ3) is 4.63. The fourth-order valence-corrected chi connectivity index (χ4v) is 3.02. The van der Waals surface area contributed by atoms with Gasteiger partial charge in [0.05, 0.1) is 11.3 Å². The third-order valence-electron chi connectivity index (χ3n) is 3.30. The average molecular weight is 332 g/mol. The van der Waals surface area contributed by atoms with Crippen molar-refractivity contribution in [2.45, 2.75) is 32.6 Å². The number of furan rings is 1. The molecule has 0 atom stereocenters. The molecule has 1 aromatic heterocycles. The summed E-state index contributed by atoms with van der Waals surface area (Å²) in [4.78, 5) is 24.9. The smallest absolute Gasteiger partial charge is 0.273 e. The van der Waals surface area contributed by atoms with Gasteiger partial charge in [0.25, 0.3) is 5.91 Å². The van der Waals surface area contributed by atoms with Crippen LogP contribution in [-0.4, -0.2) is 17.6 Å². The second-order valence-electron chi connectivity index (χ2n) is 5.39. The lowest BCUT2D eigenvalue weighted by molar-refractivity contribution is -0.119. The molecule has 0 bridgehead atoms. The number of carbonyl (C=O) groups is 2. The number of rotatable bonds is 4. The SMILES string of the molecule is Cc1ccc(C)c(SCC(=O)NNC(=O)c2cc(C)oc2C)c1. The molecule has 1 aromatic carbocycles. The number of amides is 2. The highest BCUT2D eigenvalue weighted by atomic mass is 32.2. The van der Waals surface area contributed by atoms with Crippen LogP contribution in [0.3, 0.4) is 0 Å². The van der Waals surface area contributed by atoms with Gasteiger partial charge in [-0.1, -0.05) is 17.7 Å². The van der Waals surface area contributed by atoms with Crippen molar-refractivity contribution < 1.29 is 14.0 Å². The second kappa shape index (κ2) is 7.37. The molecule has 2 aromatic rings. The Morgan fingerprint density at radius 2 is 1.83 bits per heavy atom. The molecule has 0 unspecified atom stereocenters. The Labute approximate surface area is 139 Å². The van der Waals surface area contributed by atoms with Crippen LogP contribution in [-0.2, 0) is 4.79 Å². The van der Waals surface area contributed by atoms with Gasteiger partial charge in [-0.15, -0.1) is 11.8 Å². The zero-order valence-corrected chi connectivity index (χ0v) is 14.5. The van der Waals surface area contributed by atoms with Gasteiger partial charge in [-0.25, -0.2) is 0 Å². The predicted molar refractivity (Wildman–Crippen MR) is 90.4 cm³/mol.